The number of amides is 1. The molecular weight excluding hydrogens is 256 g/mol. The van der Waals surface area contributed by atoms with Gasteiger partial charge in [-0.3, -0.25) is 4.79 Å². The van der Waals surface area contributed by atoms with Gasteiger partial charge in [-0.15, -0.1) is 0 Å². The van der Waals surface area contributed by atoms with E-state index < -0.39 is 0 Å². The van der Waals surface area contributed by atoms with Gasteiger partial charge < -0.3 is 20.5 Å². The number of phenols is 1. The van der Waals surface area contributed by atoms with Crippen molar-refractivity contribution in [1.82, 2.24) is 10.6 Å². The Morgan fingerprint density at radius 2 is 1.95 bits per heavy atom. The maximum absolute atomic E-state index is 11.8. The molecule has 0 aromatic heterocycles. The van der Waals surface area contributed by atoms with Gasteiger partial charge in [0.2, 0.25) is 5.91 Å². The van der Waals surface area contributed by atoms with Gasteiger partial charge in [0.25, 0.3) is 0 Å². The molecule has 1 atom stereocenters. The average Bonchev–Trinajstić information content (AvgIpc) is 2.42. The van der Waals surface area contributed by atoms with Crippen LogP contribution in [0.25, 0.3) is 0 Å². The molecule has 5 nitrogen and oxygen atoms in total. The Balaban J connectivity index is 2.48. The van der Waals surface area contributed by atoms with E-state index in [1.807, 2.05) is 32.9 Å². The maximum Gasteiger partial charge on any atom is 0.236 e. The second kappa shape index (κ2) is 7.87. The van der Waals surface area contributed by atoms with E-state index >= 15 is 0 Å². The first-order chi connectivity index (χ1) is 9.45. The lowest BCUT2D eigenvalue weighted by molar-refractivity contribution is -0.122. The van der Waals surface area contributed by atoms with E-state index in [0.29, 0.717) is 25.4 Å². The topological polar surface area (TPSA) is 70.6 Å². The van der Waals surface area contributed by atoms with Gasteiger partial charge in [0, 0.05) is 20.2 Å². The van der Waals surface area contributed by atoms with E-state index in [9.17, 15) is 9.90 Å². The van der Waals surface area contributed by atoms with E-state index in [4.69, 9.17) is 4.74 Å². The molecule has 1 unspecified atom stereocenters. The van der Waals surface area contributed by atoms with E-state index in [1.165, 1.54) is 0 Å². The SMILES string of the molecule is COCCNC(=O)C(C)NCc1cc(C)c(O)c(C)c1. The number of methoxy groups -OCH3 is 1. The number of carbonyl (C=O) groups is 1. The van der Waals surface area contributed by atoms with Crippen LogP contribution in [0.1, 0.15) is 23.6 Å². The van der Waals surface area contributed by atoms with Crippen LogP contribution >= 0.6 is 0 Å². The highest BCUT2D eigenvalue weighted by molar-refractivity contribution is 5.81. The van der Waals surface area contributed by atoms with Crippen LogP contribution in [0.5, 0.6) is 5.75 Å². The van der Waals surface area contributed by atoms with Crippen LogP contribution in [0, 0.1) is 13.8 Å². The number of rotatable bonds is 7. The van der Waals surface area contributed by atoms with Crippen molar-refractivity contribution in [3.63, 3.8) is 0 Å². The molecule has 0 aliphatic heterocycles. The first-order valence-electron chi connectivity index (χ1n) is 6.74. The standard InChI is InChI=1S/C15H24N2O3/c1-10-7-13(8-11(2)14(10)18)9-17-12(3)15(19)16-5-6-20-4/h7-8,12,17-18H,5-6,9H2,1-4H3,(H,16,19). The molecule has 0 fully saturated rings. The molecule has 0 bridgehead atoms. The number of phenolic OH excluding ortho intramolecular Hbond substituents is 1. The third-order valence-corrected chi connectivity index (χ3v) is 3.16. The molecular formula is C15H24N2O3. The summed E-state index contributed by atoms with van der Waals surface area (Å²) in [5.74, 6) is 0.286. The third-order valence-electron chi connectivity index (χ3n) is 3.16. The summed E-state index contributed by atoms with van der Waals surface area (Å²) in [6, 6.07) is 3.57. The van der Waals surface area contributed by atoms with Gasteiger partial charge in [-0.2, -0.15) is 0 Å². The quantitative estimate of drug-likeness (QED) is 0.657. The second-order valence-electron chi connectivity index (χ2n) is 4.96. The van der Waals surface area contributed by atoms with Crippen LogP contribution in [0.2, 0.25) is 0 Å². The van der Waals surface area contributed by atoms with E-state index in [1.54, 1.807) is 7.11 Å². The lowest BCUT2D eigenvalue weighted by Gasteiger charge is -2.15. The van der Waals surface area contributed by atoms with Gasteiger partial charge in [-0.05, 0) is 37.5 Å². The zero-order chi connectivity index (χ0) is 15.1. The van der Waals surface area contributed by atoms with Crippen molar-refractivity contribution in [2.24, 2.45) is 0 Å². The first-order valence-corrected chi connectivity index (χ1v) is 6.74. The minimum atomic E-state index is -0.277. The summed E-state index contributed by atoms with van der Waals surface area (Å²) < 4.78 is 4.88. The Hall–Kier alpha value is -1.59. The number of hydrogen-bond donors (Lipinski definition) is 3. The predicted octanol–water partition coefficient (Wildman–Crippen LogP) is 1.25. The van der Waals surface area contributed by atoms with Crippen LogP contribution in [0.4, 0.5) is 0 Å². The molecule has 5 heteroatoms. The molecule has 0 saturated heterocycles. The number of nitrogens with one attached hydrogen (secondary N) is 2. The van der Waals surface area contributed by atoms with Gasteiger partial charge in [0.1, 0.15) is 5.75 Å². The summed E-state index contributed by atoms with van der Waals surface area (Å²) in [6.07, 6.45) is 0. The highest BCUT2D eigenvalue weighted by Gasteiger charge is 2.12. The zero-order valence-corrected chi connectivity index (χ0v) is 12.6. The molecule has 0 radical (unpaired) electrons. The molecule has 1 amide bonds. The van der Waals surface area contributed by atoms with Crippen LogP contribution in [0.15, 0.2) is 12.1 Å². The number of aromatic hydroxyl groups is 1. The monoisotopic (exact) mass is 280 g/mol. The summed E-state index contributed by atoms with van der Waals surface area (Å²) in [4.78, 5) is 11.8. The van der Waals surface area contributed by atoms with Gasteiger partial charge in [0.15, 0.2) is 0 Å². The fourth-order valence-electron chi connectivity index (χ4n) is 1.94. The molecule has 0 spiro atoms. The molecule has 112 valence electrons. The van der Waals surface area contributed by atoms with Crippen LogP contribution in [-0.2, 0) is 16.1 Å². The van der Waals surface area contributed by atoms with Crippen molar-refractivity contribution in [1.29, 1.82) is 0 Å². The average molecular weight is 280 g/mol. The van der Waals surface area contributed by atoms with Crippen molar-refractivity contribution in [3.05, 3.63) is 28.8 Å². The summed E-state index contributed by atoms with van der Waals surface area (Å²) in [7, 11) is 1.60. The normalized spacial score (nSPS) is 12.2. The number of hydrogen-bond acceptors (Lipinski definition) is 4. The van der Waals surface area contributed by atoms with Crippen molar-refractivity contribution >= 4 is 5.91 Å². The van der Waals surface area contributed by atoms with Crippen molar-refractivity contribution < 1.29 is 14.6 Å². The summed E-state index contributed by atoms with van der Waals surface area (Å²) in [6.45, 7) is 7.16. The van der Waals surface area contributed by atoms with E-state index in [-0.39, 0.29) is 11.9 Å². The smallest absolute Gasteiger partial charge is 0.236 e. The fraction of sp³-hybridized carbons (Fsp3) is 0.533. The first kappa shape index (κ1) is 16.5. The minimum Gasteiger partial charge on any atom is -0.507 e. The van der Waals surface area contributed by atoms with Gasteiger partial charge in [-0.25, -0.2) is 0 Å². The lowest BCUT2D eigenvalue weighted by atomic mass is 10.1. The molecule has 0 heterocycles. The molecule has 0 aliphatic carbocycles. The molecule has 1 aromatic carbocycles. The van der Waals surface area contributed by atoms with Gasteiger partial charge in [-0.1, -0.05) is 12.1 Å². The Bertz CT molecular complexity index is 437. The maximum atomic E-state index is 11.8. The highest BCUT2D eigenvalue weighted by Crippen LogP contribution is 2.22. The number of benzene rings is 1. The largest absolute Gasteiger partial charge is 0.507 e. The van der Waals surface area contributed by atoms with Crippen LogP contribution in [-0.4, -0.2) is 37.3 Å². The van der Waals surface area contributed by atoms with Gasteiger partial charge >= 0.3 is 0 Å². The van der Waals surface area contributed by atoms with Crippen LogP contribution < -0.4 is 10.6 Å². The lowest BCUT2D eigenvalue weighted by Crippen LogP contribution is -2.42. The second-order valence-corrected chi connectivity index (χ2v) is 4.96. The molecule has 20 heavy (non-hydrogen) atoms. The Kier molecular flexibility index (Phi) is 6.48. The molecule has 1 rings (SSSR count). The van der Waals surface area contributed by atoms with Crippen LogP contribution in [0.3, 0.4) is 0 Å². The number of aryl methyl sites for hydroxylation is 2. The number of carbonyl (C=O) groups excluding carboxylic acids is 1. The van der Waals surface area contributed by atoms with Crippen molar-refractivity contribution in [2.75, 3.05) is 20.3 Å². The van der Waals surface area contributed by atoms with Gasteiger partial charge in [0.05, 0.1) is 12.6 Å². The summed E-state index contributed by atoms with van der Waals surface area (Å²) in [5.41, 5.74) is 2.74. The zero-order valence-electron chi connectivity index (χ0n) is 12.6. The van der Waals surface area contributed by atoms with Crippen molar-refractivity contribution in [3.8, 4) is 5.75 Å². The predicted molar refractivity (Wildman–Crippen MR) is 78.8 cm³/mol. The minimum absolute atomic E-state index is 0.0470. The summed E-state index contributed by atoms with van der Waals surface area (Å²) in [5, 5.41) is 15.7. The molecule has 3 N–H and O–H groups in total. The Morgan fingerprint density at radius 1 is 1.35 bits per heavy atom. The van der Waals surface area contributed by atoms with Crippen molar-refractivity contribution in [2.45, 2.75) is 33.4 Å². The number of ether oxygens (including phenoxy) is 1. The molecule has 0 saturated carbocycles. The molecule has 1 aromatic rings. The molecule has 0 aliphatic rings. The fourth-order valence-corrected chi connectivity index (χ4v) is 1.94. The van der Waals surface area contributed by atoms with E-state index in [2.05, 4.69) is 10.6 Å². The Labute approximate surface area is 120 Å². The van der Waals surface area contributed by atoms with E-state index in [0.717, 1.165) is 16.7 Å². The highest BCUT2D eigenvalue weighted by atomic mass is 16.5. The third kappa shape index (κ3) is 4.83. The summed E-state index contributed by atoms with van der Waals surface area (Å²) >= 11 is 0. The Morgan fingerprint density at radius 3 is 2.50 bits per heavy atom.